The van der Waals surface area contributed by atoms with E-state index >= 15 is 0 Å². The number of halogens is 1. The van der Waals surface area contributed by atoms with Crippen LogP contribution < -0.4 is 19.7 Å². The molecule has 0 aliphatic carbocycles. The van der Waals surface area contributed by atoms with Crippen molar-refractivity contribution in [2.24, 2.45) is 0 Å². The van der Waals surface area contributed by atoms with E-state index in [1.54, 1.807) is 31.2 Å². The van der Waals surface area contributed by atoms with E-state index in [2.05, 4.69) is 26.0 Å². The Balaban J connectivity index is 1.98. The quantitative estimate of drug-likeness (QED) is 0.315. The molecule has 34 heavy (non-hydrogen) atoms. The van der Waals surface area contributed by atoms with Gasteiger partial charge in [-0.15, -0.1) is 0 Å². The van der Waals surface area contributed by atoms with Crippen LogP contribution >= 0.6 is 15.9 Å². The van der Waals surface area contributed by atoms with Crippen LogP contribution in [0, 0.1) is 0 Å². The molecule has 0 bridgehead atoms. The first-order valence-corrected chi connectivity index (χ1v) is 11.2. The lowest BCUT2D eigenvalue weighted by atomic mass is 10.1. The number of urea groups is 1. The Hall–Kier alpha value is -3.66. The van der Waals surface area contributed by atoms with Gasteiger partial charge in [0, 0.05) is 4.47 Å². The fraction of sp³-hybridized carbons (Fsp3) is 0.250. The number of carbonyl (C=O) groups is 4. The minimum absolute atomic E-state index is 0.231. The van der Waals surface area contributed by atoms with Crippen LogP contribution in [0.4, 0.5) is 10.5 Å². The SMILES string of the molecule is CCOc1cc(/C=C2/C(=O)NC(=O)N(c3ccc(CC)cc3)C2=O)c(Br)cc1OCC(=O)OC. The van der Waals surface area contributed by atoms with Crippen LogP contribution in [0.3, 0.4) is 0 Å². The molecule has 1 fully saturated rings. The van der Waals surface area contributed by atoms with E-state index in [9.17, 15) is 19.2 Å². The maximum atomic E-state index is 13.2. The lowest BCUT2D eigenvalue weighted by molar-refractivity contribution is -0.143. The topological polar surface area (TPSA) is 111 Å². The monoisotopic (exact) mass is 530 g/mol. The molecule has 3 rings (SSSR count). The summed E-state index contributed by atoms with van der Waals surface area (Å²) in [4.78, 5) is 50.5. The molecule has 9 nitrogen and oxygen atoms in total. The number of hydrogen-bond donors (Lipinski definition) is 1. The van der Waals surface area contributed by atoms with Crippen LogP contribution in [-0.2, 0) is 25.5 Å². The number of rotatable bonds is 8. The van der Waals surface area contributed by atoms with Gasteiger partial charge >= 0.3 is 12.0 Å². The van der Waals surface area contributed by atoms with Gasteiger partial charge in [-0.25, -0.2) is 14.5 Å². The molecule has 1 N–H and O–H groups in total. The molecule has 0 radical (unpaired) electrons. The van der Waals surface area contributed by atoms with Crippen LogP contribution in [0.15, 0.2) is 46.4 Å². The third kappa shape index (κ3) is 5.45. The zero-order chi connectivity index (χ0) is 24.8. The zero-order valence-corrected chi connectivity index (χ0v) is 20.4. The Labute approximate surface area is 204 Å². The summed E-state index contributed by atoms with van der Waals surface area (Å²) in [6, 6.07) is 9.22. The predicted molar refractivity (Wildman–Crippen MR) is 128 cm³/mol. The zero-order valence-electron chi connectivity index (χ0n) is 18.8. The van der Waals surface area contributed by atoms with Gasteiger partial charge in [0.05, 0.1) is 19.4 Å². The number of hydrogen-bond acceptors (Lipinski definition) is 7. The highest BCUT2D eigenvalue weighted by molar-refractivity contribution is 9.10. The molecule has 4 amide bonds. The van der Waals surface area contributed by atoms with Crippen LogP contribution in [0.5, 0.6) is 11.5 Å². The number of imide groups is 2. The smallest absolute Gasteiger partial charge is 0.343 e. The first kappa shape index (κ1) is 25.0. The molecular formula is C24H23BrN2O7. The van der Waals surface area contributed by atoms with Gasteiger partial charge in [0.15, 0.2) is 18.1 Å². The fourth-order valence-electron chi connectivity index (χ4n) is 3.17. The molecule has 2 aromatic rings. The van der Waals surface area contributed by atoms with E-state index in [-0.39, 0.29) is 17.9 Å². The molecule has 0 atom stereocenters. The van der Waals surface area contributed by atoms with Crippen molar-refractivity contribution in [2.75, 3.05) is 25.2 Å². The molecule has 0 aromatic heterocycles. The number of amides is 4. The highest BCUT2D eigenvalue weighted by Gasteiger charge is 2.37. The Morgan fingerprint density at radius 3 is 2.35 bits per heavy atom. The van der Waals surface area contributed by atoms with Crippen molar-refractivity contribution in [3.05, 3.63) is 57.6 Å². The molecule has 1 aliphatic rings. The largest absolute Gasteiger partial charge is 0.490 e. The van der Waals surface area contributed by atoms with Crippen molar-refractivity contribution in [3.8, 4) is 11.5 Å². The van der Waals surface area contributed by atoms with Crippen molar-refractivity contribution in [2.45, 2.75) is 20.3 Å². The molecule has 1 aliphatic heterocycles. The molecule has 1 heterocycles. The molecule has 10 heteroatoms. The molecule has 0 unspecified atom stereocenters. The van der Waals surface area contributed by atoms with Gasteiger partial charge in [-0.1, -0.05) is 35.0 Å². The highest BCUT2D eigenvalue weighted by Crippen LogP contribution is 2.35. The van der Waals surface area contributed by atoms with Gasteiger partial charge < -0.3 is 14.2 Å². The molecule has 2 aromatic carbocycles. The summed E-state index contributed by atoms with van der Waals surface area (Å²) in [7, 11) is 1.25. The second-order valence-electron chi connectivity index (χ2n) is 7.10. The Kier molecular flexibility index (Phi) is 8.06. The average molecular weight is 531 g/mol. The third-order valence-corrected chi connectivity index (χ3v) is 5.63. The summed E-state index contributed by atoms with van der Waals surface area (Å²) in [5, 5.41) is 2.20. The summed E-state index contributed by atoms with van der Waals surface area (Å²) in [6.07, 6.45) is 2.16. The van der Waals surface area contributed by atoms with E-state index in [1.165, 1.54) is 13.2 Å². The van der Waals surface area contributed by atoms with E-state index in [4.69, 9.17) is 9.47 Å². The summed E-state index contributed by atoms with van der Waals surface area (Å²) in [5.41, 5.74) is 1.59. The predicted octanol–water partition coefficient (Wildman–Crippen LogP) is 3.63. The van der Waals surface area contributed by atoms with Crippen LogP contribution in [0.1, 0.15) is 25.0 Å². The van der Waals surface area contributed by atoms with Crippen LogP contribution in [0.2, 0.25) is 0 Å². The highest BCUT2D eigenvalue weighted by atomic mass is 79.9. The molecular weight excluding hydrogens is 508 g/mol. The number of esters is 1. The number of methoxy groups -OCH3 is 1. The summed E-state index contributed by atoms with van der Waals surface area (Å²) in [5.74, 6) is -1.56. The second-order valence-corrected chi connectivity index (χ2v) is 7.95. The van der Waals surface area contributed by atoms with Crippen molar-refractivity contribution < 1.29 is 33.4 Å². The van der Waals surface area contributed by atoms with Crippen molar-refractivity contribution in [3.63, 3.8) is 0 Å². The third-order valence-electron chi connectivity index (χ3n) is 4.94. The Morgan fingerprint density at radius 2 is 1.74 bits per heavy atom. The number of aryl methyl sites for hydroxylation is 1. The number of nitrogens with one attached hydrogen (secondary N) is 1. The maximum Gasteiger partial charge on any atom is 0.343 e. The van der Waals surface area contributed by atoms with Crippen molar-refractivity contribution >= 4 is 51.5 Å². The van der Waals surface area contributed by atoms with Gasteiger partial charge in [-0.3, -0.25) is 14.9 Å². The number of benzene rings is 2. The van der Waals surface area contributed by atoms with Gasteiger partial charge in [0.2, 0.25) is 0 Å². The lowest BCUT2D eigenvalue weighted by Crippen LogP contribution is -2.54. The average Bonchev–Trinajstić information content (AvgIpc) is 2.82. The summed E-state index contributed by atoms with van der Waals surface area (Å²) in [6.45, 7) is 3.75. The van der Waals surface area contributed by atoms with Crippen LogP contribution in [-0.4, -0.2) is 44.1 Å². The van der Waals surface area contributed by atoms with Gasteiger partial charge in [0.25, 0.3) is 11.8 Å². The number of barbiturate groups is 1. The minimum atomic E-state index is -0.822. The standard InChI is InChI=1S/C24H23BrN2O7/c1-4-14-6-8-16(9-7-14)27-23(30)17(22(29)26-24(27)31)10-15-11-19(33-5-2)20(12-18(15)25)34-13-21(28)32-3/h6-12H,4-5,13H2,1-3H3,(H,26,29,31)/b17-10-. The number of carbonyl (C=O) groups excluding carboxylic acids is 4. The van der Waals surface area contributed by atoms with Gasteiger partial charge in [0.1, 0.15) is 5.57 Å². The first-order valence-electron chi connectivity index (χ1n) is 10.4. The van der Waals surface area contributed by atoms with E-state index < -0.39 is 23.8 Å². The van der Waals surface area contributed by atoms with E-state index in [0.717, 1.165) is 16.9 Å². The normalized spacial score (nSPS) is 14.8. The summed E-state index contributed by atoms with van der Waals surface area (Å²) >= 11 is 3.39. The van der Waals surface area contributed by atoms with Gasteiger partial charge in [-0.2, -0.15) is 0 Å². The first-order chi connectivity index (χ1) is 16.3. The fourth-order valence-corrected chi connectivity index (χ4v) is 3.60. The molecule has 178 valence electrons. The number of nitrogens with zero attached hydrogens (tertiary/aromatic N) is 1. The number of ether oxygens (including phenoxy) is 3. The molecule has 0 spiro atoms. The van der Waals surface area contributed by atoms with Crippen molar-refractivity contribution in [1.82, 2.24) is 5.32 Å². The molecule has 0 saturated carbocycles. The number of anilines is 1. The second kappa shape index (κ2) is 11.0. The minimum Gasteiger partial charge on any atom is -0.490 e. The Morgan fingerprint density at radius 1 is 1.06 bits per heavy atom. The Bertz CT molecular complexity index is 1160. The molecule has 1 saturated heterocycles. The van der Waals surface area contributed by atoms with Gasteiger partial charge in [-0.05, 0) is 54.8 Å². The maximum absolute atomic E-state index is 13.2. The van der Waals surface area contributed by atoms with Crippen molar-refractivity contribution in [1.29, 1.82) is 0 Å². The van der Waals surface area contributed by atoms with E-state index in [0.29, 0.717) is 28.1 Å². The van der Waals surface area contributed by atoms with E-state index in [1.807, 2.05) is 19.1 Å². The van der Waals surface area contributed by atoms with Crippen LogP contribution in [0.25, 0.3) is 6.08 Å². The lowest BCUT2D eigenvalue weighted by Gasteiger charge is -2.26. The summed E-state index contributed by atoms with van der Waals surface area (Å²) < 4.78 is 16.1.